The molecule has 1 atom stereocenters. The molecule has 2 aromatic carbocycles. The summed E-state index contributed by atoms with van der Waals surface area (Å²) < 4.78 is 17.9. The van der Waals surface area contributed by atoms with E-state index in [1.165, 1.54) is 0 Å². The first-order valence-electron chi connectivity index (χ1n) is 11.1. The molecule has 0 bridgehead atoms. The third kappa shape index (κ3) is 3.34. The number of para-hydroxylation sites is 1. The Morgan fingerprint density at radius 2 is 1.84 bits per heavy atom. The maximum atomic E-state index is 6.81. The van der Waals surface area contributed by atoms with E-state index in [1.54, 1.807) is 14.2 Å². The van der Waals surface area contributed by atoms with Crippen molar-refractivity contribution in [3.05, 3.63) is 59.7 Å². The monoisotopic (exact) mass is 421 g/mol. The van der Waals surface area contributed by atoms with Crippen molar-refractivity contribution in [1.29, 1.82) is 0 Å². The van der Waals surface area contributed by atoms with Crippen molar-refractivity contribution in [2.24, 2.45) is 0 Å². The average molecular weight is 422 g/mol. The second kappa shape index (κ2) is 7.77. The van der Waals surface area contributed by atoms with E-state index in [2.05, 4.69) is 53.5 Å². The zero-order valence-corrected chi connectivity index (χ0v) is 18.7. The van der Waals surface area contributed by atoms with Crippen molar-refractivity contribution in [3.8, 4) is 17.2 Å². The average Bonchev–Trinajstić information content (AvgIpc) is 3.26. The zero-order chi connectivity index (χ0) is 21.6. The number of benzene rings is 2. The summed E-state index contributed by atoms with van der Waals surface area (Å²) in [6.07, 6.45) is 4.14. The molecular formula is C25H31N3O3. The van der Waals surface area contributed by atoms with Crippen LogP contribution in [0.3, 0.4) is 0 Å². The van der Waals surface area contributed by atoms with Gasteiger partial charge < -0.3 is 24.5 Å². The fraction of sp³-hybridized carbons (Fsp3) is 0.440. The number of hydrazine groups is 1. The lowest BCUT2D eigenvalue weighted by Crippen LogP contribution is -2.64. The van der Waals surface area contributed by atoms with E-state index < -0.39 is 5.72 Å². The van der Waals surface area contributed by atoms with E-state index in [0.29, 0.717) is 6.04 Å². The molecule has 164 valence electrons. The molecule has 3 heterocycles. The predicted octanol–water partition coefficient (Wildman–Crippen LogP) is 4.20. The number of nitrogens with zero attached hydrogens (tertiary/aromatic N) is 2. The summed E-state index contributed by atoms with van der Waals surface area (Å²) >= 11 is 0. The van der Waals surface area contributed by atoms with Crippen molar-refractivity contribution >= 4 is 5.70 Å². The first-order valence-corrected chi connectivity index (χ1v) is 11.1. The van der Waals surface area contributed by atoms with Crippen LogP contribution in [0, 0.1) is 0 Å². The van der Waals surface area contributed by atoms with Gasteiger partial charge in [0.1, 0.15) is 5.75 Å². The van der Waals surface area contributed by atoms with Gasteiger partial charge in [0.2, 0.25) is 0 Å². The number of ether oxygens (including phenoxy) is 3. The fourth-order valence-corrected chi connectivity index (χ4v) is 5.01. The molecule has 2 aromatic rings. The van der Waals surface area contributed by atoms with Crippen LogP contribution in [0.2, 0.25) is 0 Å². The molecule has 0 radical (unpaired) electrons. The summed E-state index contributed by atoms with van der Waals surface area (Å²) in [5, 5.41) is 2.32. The molecule has 31 heavy (non-hydrogen) atoms. The minimum absolute atomic E-state index is 0.0747. The summed E-state index contributed by atoms with van der Waals surface area (Å²) in [5.74, 6) is 2.52. The first kappa shape index (κ1) is 20.2. The maximum Gasteiger partial charge on any atom is 0.183 e. The summed E-state index contributed by atoms with van der Waals surface area (Å²) in [6, 6.07) is 15.0. The largest absolute Gasteiger partial charge is 0.497 e. The number of methoxy groups -OCH3 is 2. The number of piperidine rings is 1. The molecular weight excluding hydrogens is 390 g/mol. The smallest absolute Gasteiger partial charge is 0.183 e. The van der Waals surface area contributed by atoms with Gasteiger partial charge in [-0.25, -0.2) is 0 Å². The molecule has 1 fully saturated rings. The Kier molecular flexibility index (Phi) is 5.07. The van der Waals surface area contributed by atoms with Crippen molar-refractivity contribution in [1.82, 2.24) is 15.3 Å². The van der Waals surface area contributed by atoms with Crippen LogP contribution >= 0.6 is 0 Å². The van der Waals surface area contributed by atoms with Crippen LogP contribution < -0.4 is 19.6 Å². The fourth-order valence-electron chi connectivity index (χ4n) is 5.01. The Bertz CT molecular complexity index is 995. The molecule has 0 aliphatic carbocycles. The lowest BCUT2D eigenvalue weighted by atomic mass is 9.92. The number of likely N-dealkylation sites (tertiary alicyclic amines) is 1. The number of hydrogen-bond acceptors (Lipinski definition) is 6. The van der Waals surface area contributed by atoms with E-state index in [0.717, 1.165) is 60.0 Å². The first-order chi connectivity index (χ1) is 15.0. The van der Waals surface area contributed by atoms with Crippen molar-refractivity contribution in [3.63, 3.8) is 0 Å². The van der Waals surface area contributed by atoms with Gasteiger partial charge in [-0.1, -0.05) is 24.3 Å². The second-order valence-corrected chi connectivity index (χ2v) is 8.80. The van der Waals surface area contributed by atoms with Gasteiger partial charge in [-0.15, -0.1) is 0 Å². The summed E-state index contributed by atoms with van der Waals surface area (Å²) in [6.45, 7) is 6.53. The van der Waals surface area contributed by atoms with Gasteiger partial charge in [-0.2, -0.15) is 5.01 Å². The predicted molar refractivity (Wildman–Crippen MR) is 121 cm³/mol. The van der Waals surface area contributed by atoms with Gasteiger partial charge in [0.25, 0.3) is 0 Å². The summed E-state index contributed by atoms with van der Waals surface area (Å²) in [4.78, 5) is 2.52. The molecule has 6 heteroatoms. The Morgan fingerprint density at radius 3 is 2.55 bits per heavy atom. The maximum absolute atomic E-state index is 6.81. The van der Waals surface area contributed by atoms with Gasteiger partial charge >= 0.3 is 0 Å². The Morgan fingerprint density at radius 1 is 1.06 bits per heavy atom. The standard InChI is InChI=1S/C25H31N3O3/c1-17(2)27-13-11-25(12-14-27)28-22(20-9-6-10-23(30-4)24(20)31-25)16-21(26-28)18-7-5-8-19(15-18)29-3/h5-10,15-17,22,26H,11-14H2,1-4H3/t22-/m0/s1. The molecule has 1 saturated heterocycles. The van der Waals surface area contributed by atoms with Crippen LogP contribution in [-0.2, 0) is 0 Å². The van der Waals surface area contributed by atoms with Crippen LogP contribution in [0.4, 0.5) is 0 Å². The molecule has 0 amide bonds. The SMILES string of the molecule is COc1cccc(C2=C[C@H]3c4cccc(OC)c4OC4(CCN(C(C)C)CC4)N3N2)c1. The topological polar surface area (TPSA) is 46.2 Å². The van der Waals surface area contributed by atoms with E-state index in [1.807, 2.05) is 24.3 Å². The van der Waals surface area contributed by atoms with Crippen LogP contribution in [0.1, 0.15) is 43.9 Å². The zero-order valence-electron chi connectivity index (χ0n) is 18.7. The second-order valence-electron chi connectivity index (χ2n) is 8.80. The highest BCUT2D eigenvalue weighted by Crippen LogP contribution is 2.51. The van der Waals surface area contributed by atoms with Crippen LogP contribution in [0.15, 0.2) is 48.5 Å². The highest BCUT2D eigenvalue weighted by Gasteiger charge is 2.52. The third-order valence-electron chi connectivity index (χ3n) is 6.81. The van der Waals surface area contributed by atoms with Crippen LogP contribution in [0.5, 0.6) is 17.2 Å². The van der Waals surface area contributed by atoms with Crippen LogP contribution in [-0.4, -0.2) is 49.0 Å². The molecule has 0 unspecified atom stereocenters. The third-order valence-corrected chi connectivity index (χ3v) is 6.81. The van der Waals surface area contributed by atoms with E-state index in [9.17, 15) is 0 Å². The van der Waals surface area contributed by atoms with Gasteiger partial charge in [0.05, 0.1) is 26.0 Å². The molecule has 3 aliphatic heterocycles. The van der Waals surface area contributed by atoms with Gasteiger partial charge in [-0.3, -0.25) is 0 Å². The molecule has 0 saturated carbocycles. The molecule has 1 N–H and O–H groups in total. The number of nitrogens with one attached hydrogen (secondary N) is 1. The molecule has 1 spiro atoms. The minimum Gasteiger partial charge on any atom is -0.497 e. The highest BCUT2D eigenvalue weighted by atomic mass is 16.5. The normalized spacial score (nSPS) is 22.4. The van der Waals surface area contributed by atoms with Gasteiger partial charge in [0.15, 0.2) is 17.2 Å². The Labute approximate surface area is 184 Å². The molecule has 0 aromatic heterocycles. The quantitative estimate of drug-likeness (QED) is 0.798. The van der Waals surface area contributed by atoms with E-state index in [4.69, 9.17) is 14.2 Å². The molecule has 5 rings (SSSR count). The Hall–Kier alpha value is -2.70. The lowest BCUT2D eigenvalue weighted by Gasteiger charge is -2.52. The van der Waals surface area contributed by atoms with Crippen LogP contribution in [0.25, 0.3) is 5.70 Å². The molecule has 3 aliphatic rings. The lowest BCUT2D eigenvalue weighted by molar-refractivity contribution is -0.162. The molecule has 6 nitrogen and oxygen atoms in total. The number of hydrogen-bond donors (Lipinski definition) is 1. The van der Waals surface area contributed by atoms with E-state index in [-0.39, 0.29) is 6.04 Å². The van der Waals surface area contributed by atoms with Crippen molar-refractivity contribution in [2.45, 2.75) is 44.5 Å². The highest BCUT2D eigenvalue weighted by molar-refractivity contribution is 5.69. The van der Waals surface area contributed by atoms with E-state index >= 15 is 0 Å². The summed E-state index contributed by atoms with van der Waals surface area (Å²) in [5.41, 5.74) is 6.58. The van der Waals surface area contributed by atoms with Crippen molar-refractivity contribution in [2.75, 3.05) is 27.3 Å². The summed E-state index contributed by atoms with van der Waals surface area (Å²) in [7, 11) is 3.41. The Balaban J connectivity index is 1.56. The number of rotatable bonds is 4. The van der Waals surface area contributed by atoms with Gasteiger partial charge in [0, 0.05) is 43.1 Å². The van der Waals surface area contributed by atoms with Crippen molar-refractivity contribution < 1.29 is 14.2 Å². The minimum atomic E-state index is -0.422. The van der Waals surface area contributed by atoms with Gasteiger partial charge in [-0.05, 0) is 38.1 Å². The number of fused-ring (bicyclic) bond motifs is 4.